The summed E-state index contributed by atoms with van der Waals surface area (Å²) < 4.78 is 6.82. The highest BCUT2D eigenvalue weighted by Gasteiger charge is 2.09. The van der Waals surface area contributed by atoms with Crippen molar-refractivity contribution in [3.63, 3.8) is 0 Å². The van der Waals surface area contributed by atoms with Crippen LogP contribution < -0.4 is 15.6 Å². The molecular weight excluding hydrogens is 330 g/mol. The van der Waals surface area contributed by atoms with Crippen LogP contribution in [0.1, 0.15) is 30.3 Å². The molecule has 7 heteroatoms. The summed E-state index contributed by atoms with van der Waals surface area (Å²) in [5.74, 6) is 0.347. The predicted molar refractivity (Wildman–Crippen MR) is 92.7 cm³/mol. The van der Waals surface area contributed by atoms with Gasteiger partial charge in [0.2, 0.25) is 0 Å². The number of carbonyl (C=O) groups is 1. The van der Waals surface area contributed by atoms with Gasteiger partial charge in [-0.2, -0.15) is 5.10 Å². The van der Waals surface area contributed by atoms with E-state index in [0.717, 1.165) is 12.8 Å². The zero-order chi connectivity index (χ0) is 17.4. The minimum Gasteiger partial charge on any atom is -0.492 e. The third-order valence-corrected chi connectivity index (χ3v) is 3.54. The molecule has 0 aliphatic carbocycles. The summed E-state index contributed by atoms with van der Waals surface area (Å²) in [5.41, 5.74) is 0.0169. The summed E-state index contributed by atoms with van der Waals surface area (Å²) in [6.07, 6.45) is 1.79. The van der Waals surface area contributed by atoms with E-state index in [1.54, 1.807) is 24.3 Å². The van der Waals surface area contributed by atoms with Gasteiger partial charge in [-0.05, 0) is 36.8 Å². The third kappa shape index (κ3) is 5.38. The van der Waals surface area contributed by atoms with Crippen LogP contribution in [0.4, 0.5) is 0 Å². The average molecular weight is 350 g/mol. The summed E-state index contributed by atoms with van der Waals surface area (Å²) in [4.78, 5) is 23.8. The van der Waals surface area contributed by atoms with Gasteiger partial charge in [0, 0.05) is 17.6 Å². The lowest BCUT2D eigenvalue weighted by molar-refractivity contribution is 0.0939. The fraction of sp³-hybridized carbons (Fsp3) is 0.353. The van der Waals surface area contributed by atoms with Gasteiger partial charge in [-0.3, -0.25) is 9.59 Å². The first-order valence-electron chi connectivity index (χ1n) is 7.85. The molecule has 0 aliphatic rings. The number of nitrogens with one attached hydrogen (secondary N) is 1. The summed E-state index contributed by atoms with van der Waals surface area (Å²) in [6, 6.07) is 9.78. The molecule has 1 aromatic carbocycles. The number of benzene rings is 1. The lowest BCUT2D eigenvalue weighted by atomic mass is 10.3. The van der Waals surface area contributed by atoms with Crippen LogP contribution in [0, 0.1) is 0 Å². The van der Waals surface area contributed by atoms with Crippen LogP contribution in [-0.4, -0.2) is 28.8 Å². The number of aromatic nitrogens is 2. The van der Waals surface area contributed by atoms with Crippen LogP contribution in [0.25, 0.3) is 0 Å². The smallest absolute Gasteiger partial charge is 0.271 e. The second kappa shape index (κ2) is 9.08. The van der Waals surface area contributed by atoms with Gasteiger partial charge in [0.25, 0.3) is 11.5 Å². The molecule has 0 aliphatic heterocycles. The molecule has 0 saturated heterocycles. The van der Waals surface area contributed by atoms with Crippen LogP contribution in [0.3, 0.4) is 0 Å². The summed E-state index contributed by atoms with van der Waals surface area (Å²) in [7, 11) is 0. The Balaban J connectivity index is 1.83. The first kappa shape index (κ1) is 18.0. The van der Waals surface area contributed by atoms with E-state index in [0.29, 0.717) is 30.5 Å². The Bertz CT molecular complexity index is 729. The number of amides is 1. The van der Waals surface area contributed by atoms with Crippen molar-refractivity contribution in [2.75, 3.05) is 13.2 Å². The maximum atomic E-state index is 12.1. The van der Waals surface area contributed by atoms with Crippen molar-refractivity contribution in [3.8, 4) is 5.75 Å². The lowest BCUT2D eigenvalue weighted by Crippen LogP contribution is -2.32. The normalized spacial score (nSPS) is 10.4. The molecular formula is C17H20ClN3O3. The molecule has 2 aromatic rings. The van der Waals surface area contributed by atoms with E-state index in [-0.39, 0.29) is 17.2 Å². The second-order valence-electron chi connectivity index (χ2n) is 5.19. The maximum absolute atomic E-state index is 12.1. The van der Waals surface area contributed by atoms with Gasteiger partial charge in [0.05, 0.1) is 6.54 Å². The number of carbonyl (C=O) groups excluding carboxylic acids is 1. The van der Waals surface area contributed by atoms with Gasteiger partial charge < -0.3 is 10.1 Å². The summed E-state index contributed by atoms with van der Waals surface area (Å²) >= 11 is 5.79. The standard InChI is InChI=1S/C17H20ClN3O3/c1-2-3-11-21-16(22)9-8-15(20-21)17(23)19-10-12-24-14-6-4-13(18)5-7-14/h4-9H,2-3,10-12H2,1H3,(H,19,23). The molecule has 0 spiro atoms. The highest BCUT2D eigenvalue weighted by Crippen LogP contribution is 2.15. The first-order chi connectivity index (χ1) is 11.6. The SMILES string of the molecule is CCCCn1nc(C(=O)NCCOc2ccc(Cl)cc2)ccc1=O. The van der Waals surface area contributed by atoms with Gasteiger partial charge in [0.1, 0.15) is 18.1 Å². The molecule has 24 heavy (non-hydrogen) atoms. The minimum absolute atomic E-state index is 0.203. The summed E-state index contributed by atoms with van der Waals surface area (Å²) in [6.45, 7) is 3.19. The number of nitrogens with zero attached hydrogens (tertiary/aromatic N) is 2. The Morgan fingerprint density at radius 1 is 1.25 bits per heavy atom. The number of rotatable bonds is 8. The molecule has 0 saturated carbocycles. The zero-order valence-electron chi connectivity index (χ0n) is 13.5. The van der Waals surface area contributed by atoms with Gasteiger partial charge in [0.15, 0.2) is 0 Å². The molecule has 1 aromatic heterocycles. The van der Waals surface area contributed by atoms with Crippen molar-refractivity contribution in [1.82, 2.24) is 15.1 Å². The van der Waals surface area contributed by atoms with Gasteiger partial charge >= 0.3 is 0 Å². The van der Waals surface area contributed by atoms with Gasteiger partial charge in [-0.1, -0.05) is 24.9 Å². The van der Waals surface area contributed by atoms with Crippen molar-refractivity contribution < 1.29 is 9.53 Å². The molecule has 2 rings (SSSR count). The van der Waals surface area contributed by atoms with E-state index in [1.165, 1.54) is 16.8 Å². The van der Waals surface area contributed by atoms with E-state index in [9.17, 15) is 9.59 Å². The topological polar surface area (TPSA) is 73.2 Å². The number of hydrogen-bond donors (Lipinski definition) is 1. The van der Waals surface area contributed by atoms with Crippen LogP contribution in [0.2, 0.25) is 5.02 Å². The summed E-state index contributed by atoms with van der Waals surface area (Å²) in [5, 5.41) is 7.45. The minimum atomic E-state index is -0.333. The molecule has 0 fully saturated rings. The van der Waals surface area contributed by atoms with Crippen LogP contribution in [-0.2, 0) is 6.54 Å². The molecule has 128 valence electrons. The highest BCUT2D eigenvalue weighted by molar-refractivity contribution is 6.30. The molecule has 0 atom stereocenters. The Labute approximate surface area is 145 Å². The average Bonchev–Trinajstić information content (AvgIpc) is 2.59. The number of halogens is 1. The Hall–Kier alpha value is -2.34. The fourth-order valence-electron chi connectivity index (χ4n) is 1.99. The molecule has 1 heterocycles. The maximum Gasteiger partial charge on any atom is 0.271 e. The number of ether oxygens (including phenoxy) is 1. The second-order valence-corrected chi connectivity index (χ2v) is 5.63. The van der Waals surface area contributed by atoms with E-state index in [1.807, 2.05) is 6.92 Å². The van der Waals surface area contributed by atoms with E-state index < -0.39 is 0 Å². The molecule has 1 N–H and O–H groups in total. The van der Waals surface area contributed by atoms with Gasteiger partial charge in [-0.15, -0.1) is 0 Å². The molecule has 0 unspecified atom stereocenters. The highest BCUT2D eigenvalue weighted by atomic mass is 35.5. The quantitative estimate of drug-likeness (QED) is 0.743. The Morgan fingerprint density at radius 2 is 2.00 bits per heavy atom. The lowest BCUT2D eigenvalue weighted by Gasteiger charge is -2.09. The van der Waals surface area contributed by atoms with Gasteiger partial charge in [-0.25, -0.2) is 4.68 Å². The van der Waals surface area contributed by atoms with Crippen LogP contribution in [0.15, 0.2) is 41.2 Å². The Morgan fingerprint density at radius 3 is 2.71 bits per heavy atom. The molecule has 1 amide bonds. The van der Waals surface area contributed by atoms with Crippen molar-refractivity contribution in [2.24, 2.45) is 0 Å². The van der Waals surface area contributed by atoms with Crippen molar-refractivity contribution in [1.29, 1.82) is 0 Å². The van der Waals surface area contributed by atoms with Crippen molar-refractivity contribution in [2.45, 2.75) is 26.3 Å². The van der Waals surface area contributed by atoms with E-state index in [2.05, 4.69) is 10.4 Å². The Kier molecular flexibility index (Phi) is 6.81. The number of aryl methyl sites for hydroxylation is 1. The monoisotopic (exact) mass is 349 g/mol. The van der Waals surface area contributed by atoms with Crippen molar-refractivity contribution in [3.05, 3.63) is 57.5 Å². The number of unbranched alkanes of at least 4 members (excludes halogenated alkanes) is 1. The van der Waals surface area contributed by atoms with Crippen LogP contribution in [0.5, 0.6) is 5.75 Å². The number of hydrogen-bond acceptors (Lipinski definition) is 4. The predicted octanol–water partition coefficient (Wildman–Crippen LogP) is 2.51. The molecule has 6 nitrogen and oxygen atoms in total. The van der Waals surface area contributed by atoms with E-state index >= 15 is 0 Å². The largest absolute Gasteiger partial charge is 0.492 e. The fourth-order valence-corrected chi connectivity index (χ4v) is 2.12. The van der Waals surface area contributed by atoms with Crippen LogP contribution >= 0.6 is 11.6 Å². The third-order valence-electron chi connectivity index (χ3n) is 3.29. The van der Waals surface area contributed by atoms with Crippen molar-refractivity contribution >= 4 is 17.5 Å². The molecule has 0 radical (unpaired) electrons. The van der Waals surface area contributed by atoms with E-state index in [4.69, 9.17) is 16.3 Å². The molecule has 0 bridgehead atoms. The first-order valence-corrected chi connectivity index (χ1v) is 8.22. The zero-order valence-corrected chi connectivity index (χ0v) is 14.3.